The third kappa shape index (κ3) is 3.50. The van der Waals surface area contributed by atoms with Crippen LogP contribution in [0.5, 0.6) is 0 Å². The summed E-state index contributed by atoms with van der Waals surface area (Å²) in [7, 11) is 0. The fourth-order valence-corrected chi connectivity index (χ4v) is 4.29. The van der Waals surface area contributed by atoms with Crippen molar-refractivity contribution in [1.82, 2.24) is 5.32 Å². The Bertz CT molecular complexity index is 845. The molecule has 126 valence electrons. The standard InChI is InChI=1S/C21H20N2OS/c24-21(19-14-22-13-18(19)20-10-5-11-25-20)23-17-9-4-8-16(12-17)15-6-2-1-3-7-15/h1-12,18-19,22H,13-14H2,(H,23,24)/t18-,19-/m1/s1. The Balaban J connectivity index is 1.51. The van der Waals surface area contributed by atoms with Crippen LogP contribution in [-0.4, -0.2) is 19.0 Å². The fourth-order valence-electron chi connectivity index (χ4n) is 3.40. The number of amides is 1. The van der Waals surface area contributed by atoms with E-state index in [1.54, 1.807) is 11.3 Å². The van der Waals surface area contributed by atoms with E-state index in [-0.39, 0.29) is 17.7 Å². The number of nitrogens with one attached hydrogen (secondary N) is 2. The summed E-state index contributed by atoms with van der Waals surface area (Å²) >= 11 is 1.73. The molecular weight excluding hydrogens is 328 g/mol. The molecule has 1 amide bonds. The Kier molecular flexibility index (Phi) is 4.63. The summed E-state index contributed by atoms with van der Waals surface area (Å²) in [4.78, 5) is 14.1. The first-order valence-corrected chi connectivity index (χ1v) is 9.40. The van der Waals surface area contributed by atoms with Crippen molar-refractivity contribution in [2.45, 2.75) is 5.92 Å². The predicted molar refractivity (Wildman–Crippen MR) is 104 cm³/mol. The molecule has 2 atom stereocenters. The largest absolute Gasteiger partial charge is 0.326 e. The second-order valence-electron chi connectivity index (χ2n) is 6.32. The third-order valence-corrected chi connectivity index (χ3v) is 5.70. The topological polar surface area (TPSA) is 41.1 Å². The van der Waals surface area contributed by atoms with Crippen LogP contribution in [0.15, 0.2) is 72.1 Å². The van der Waals surface area contributed by atoms with Gasteiger partial charge in [-0.3, -0.25) is 4.79 Å². The lowest BCUT2D eigenvalue weighted by Crippen LogP contribution is -2.27. The Morgan fingerprint density at radius 2 is 1.80 bits per heavy atom. The lowest BCUT2D eigenvalue weighted by molar-refractivity contribution is -0.119. The normalized spacial score (nSPS) is 19.7. The molecule has 0 saturated carbocycles. The zero-order valence-corrected chi connectivity index (χ0v) is 14.6. The summed E-state index contributed by atoms with van der Waals surface area (Å²) in [6.45, 7) is 1.59. The lowest BCUT2D eigenvalue weighted by Gasteiger charge is -2.17. The molecule has 2 heterocycles. The molecule has 0 bridgehead atoms. The van der Waals surface area contributed by atoms with Gasteiger partial charge in [-0.1, -0.05) is 48.5 Å². The summed E-state index contributed by atoms with van der Waals surface area (Å²) in [6.07, 6.45) is 0. The maximum Gasteiger partial charge on any atom is 0.229 e. The average Bonchev–Trinajstić information content (AvgIpc) is 3.34. The highest BCUT2D eigenvalue weighted by molar-refractivity contribution is 7.10. The highest BCUT2D eigenvalue weighted by atomic mass is 32.1. The van der Waals surface area contributed by atoms with E-state index in [0.717, 1.165) is 29.9 Å². The highest BCUT2D eigenvalue weighted by Gasteiger charge is 2.34. The van der Waals surface area contributed by atoms with E-state index in [1.807, 2.05) is 36.4 Å². The number of carbonyl (C=O) groups is 1. The van der Waals surface area contributed by atoms with Crippen LogP contribution in [0.1, 0.15) is 10.8 Å². The number of hydrogen-bond donors (Lipinski definition) is 2. The maximum absolute atomic E-state index is 12.8. The number of thiophene rings is 1. The SMILES string of the molecule is O=C(Nc1cccc(-c2ccccc2)c1)[C@@H]1CNC[C@H]1c1cccs1. The zero-order chi connectivity index (χ0) is 17.1. The van der Waals surface area contributed by atoms with Crippen LogP contribution < -0.4 is 10.6 Å². The third-order valence-electron chi connectivity index (χ3n) is 4.70. The van der Waals surface area contributed by atoms with Crippen molar-refractivity contribution >= 4 is 22.9 Å². The Morgan fingerprint density at radius 1 is 0.960 bits per heavy atom. The molecule has 1 aliphatic rings. The van der Waals surface area contributed by atoms with Crippen molar-refractivity contribution in [2.75, 3.05) is 18.4 Å². The maximum atomic E-state index is 12.8. The molecule has 25 heavy (non-hydrogen) atoms. The van der Waals surface area contributed by atoms with E-state index in [4.69, 9.17) is 0 Å². The molecule has 1 fully saturated rings. The molecule has 3 nitrogen and oxygen atoms in total. The van der Waals surface area contributed by atoms with Gasteiger partial charge in [0.05, 0.1) is 5.92 Å². The fraction of sp³-hybridized carbons (Fsp3) is 0.190. The molecule has 2 aromatic carbocycles. The Labute approximate surface area is 151 Å². The van der Waals surface area contributed by atoms with Crippen LogP contribution in [0.3, 0.4) is 0 Å². The summed E-state index contributed by atoms with van der Waals surface area (Å²) in [5.41, 5.74) is 3.11. The van der Waals surface area contributed by atoms with Crippen LogP contribution in [0.2, 0.25) is 0 Å². The number of rotatable bonds is 4. The molecule has 0 spiro atoms. The second-order valence-corrected chi connectivity index (χ2v) is 7.30. The van der Waals surface area contributed by atoms with Gasteiger partial charge in [0, 0.05) is 29.6 Å². The summed E-state index contributed by atoms with van der Waals surface area (Å²) in [5, 5.41) is 8.55. The first-order valence-electron chi connectivity index (χ1n) is 8.52. The van der Waals surface area contributed by atoms with E-state index < -0.39 is 0 Å². The quantitative estimate of drug-likeness (QED) is 0.736. The van der Waals surface area contributed by atoms with Gasteiger partial charge in [0.25, 0.3) is 0 Å². The smallest absolute Gasteiger partial charge is 0.229 e. The van der Waals surface area contributed by atoms with E-state index in [1.165, 1.54) is 4.88 Å². The lowest BCUT2D eigenvalue weighted by atomic mass is 9.93. The van der Waals surface area contributed by atoms with Crippen molar-refractivity contribution in [1.29, 1.82) is 0 Å². The monoisotopic (exact) mass is 348 g/mol. The van der Waals surface area contributed by atoms with E-state index in [2.05, 4.69) is 46.3 Å². The van der Waals surface area contributed by atoms with Crippen LogP contribution >= 0.6 is 11.3 Å². The molecule has 0 radical (unpaired) electrons. The van der Waals surface area contributed by atoms with Gasteiger partial charge in [-0.25, -0.2) is 0 Å². The number of benzene rings is 2. The van der Waals surface area contributed by atoms with Crippen LogP contribution in [0.25, 0.3) is 11.1 Å². The van der Waals surface area contributed by atoms with Gasteiger partial charge in [-0.15, -0.1) is 11.3 Å². The van der Waals surface area contributed by atoms with Crippen molar-refractivity contribution in [2.24, 2.45) is 5.92 Å². The predicted octanol–water partition coefficient (Wildman–Crippen LogP) is 4.36. The molecular formula is C21H20N2OS. The molecule has 4 rings (SSSR count). The number of hydrogen-bond acceptors (Lipinski definition) is 3. The van der Waals surface area contributed by atoms with E-state index in [0.29, 0.717) is 0 Å². The van der Waals surface area contributed by atoms with Crippen LogP contribution in [-0.2, 0) is 4.79 Å². The highest BCUT2D eigenvalue weighted by Crippen LogP contribution is 2.32. The molecule has 2 N–H and O–H groups in total. The van der Waals surface area contributed by atoms with Crippen molar-refractivity contribution in [3.05, 3.63) is 77.0 Å². The van der Waals surface area contributed by atoms with Crippen molar-refractivity contribution < 1.29 is 4.79 Å². The van der Waals surface area contributed by atoms with Crippen molar-refractivity contribution in [3.8, 4) is 11.1 Å². The minimum Gasteiger partial charge on any atom is -0.326 e. The molecule has 0 aliphatic carbocycles. The summed E-state index contributed by atoms with van der Waals surface area (Å²) < 4.78 is 0. The van der Waals surface area contributed by atoms with Gasteiger partial charge in [-0.2, -0.15) is 0 Å². The van der Waals surface area contributed by atoms with Crippen LogP contribution in [0.4, 0.5) is 5.69 Å². The zero-order valence-electron chi connectivity index (χ0n) is 13.8. The van der Waals surface area contributed by atoms with Crippen molar-refractivity contribution in [3.63, 3.8) is 0 Å². The van der Waals surface area contributed by atoms with E-state index >= 15 is 0 Å². The number of carbonyl (C=O) groups excluding carboxylic acids is 1. The molecule has 1 aromatic heterocycles. The Morgan fingerprint density at radius 3 is 2.60 bits per heavy atom. The first kappa shape index (κ1) is 16.1. The Hall–Kier alpha value is -2.43. The van der Waals surface area contributed by atoms with Gasteiger partial charge < -0.3 is 10.6 Å². The number of anilines is 1. The van der Waals surface area contributed by atoms with Crippen LogP contribution in [0, 0.1) is 5.92 Å². The molecule has 0 unspecified atom stereocenters. The first-order chi connectivity index (χ1) is 12.3. The molecule has 3 aromatic rings. The second kappa shape index (κ2) is 7.21. The van der Waals surface area contributed by atoms with Gasteiger partial charge >= 0.3 is 0 Å². The summed E-state index contributed by atoms with van der Waals surface area (Å²) in [5.74, 6) is 0.324. The van der Waals surface area contributed by atoms with Gasteiger partial charge in [0.15, 0.2) is 0 Å². The van der Waals surface area contributed by atoms with Gasteiger partial charge in [-0.05, 0) is 34.7 Å². The minimum absolute atomic E-state index is 0.0287. The van der Waals surface area contributed by atoms with Gasteiger partial charge in [0.2, 0.25) is 5.91 Å². The van der Waals surface area contributed by atoms with Gasteiger partial charge in [0.1, 0.15) is 0 Å². The summed E-state index contributed by atoms with van der Waals surface area (Å²) in [6, 6.07) is 22.4. The molecule has 4 heteroatoms. The van der Waals surface area contributed by atoms with E-state index in [9.17, 15) is 4.79 Å². The minimum atomic E-state index is -0.0287. The molecule has 1 saturated heterocycles. The average molecular weight is 348 g/mol. The molecule has 1 aliphatic heterocycles.